The van der Waals surface area contributed by atoms with E-state index in [9.17, 15) is 13.6 Å². The van der Waals surface area contributed by atoms with Crippen LogP contribution in [0.5, 0.6) is 0 Å². The molecule has 0 aliphatic rings. The molecule has 0 aliphatic heterocycles. The second-order valence-electron chi connectivity index (χ2n) is 4.52. The fourth-order valence-electron chi connectivity index (χ4n) is 1.84. The largest absolute Gasteiger partial charge is 0.337 e. The van der Waals surface area contributed by atoms with Crippen molar-refractivity contribution in [1.29, 1.82) is 0 Å². The maximum Gasteiger partial charge on any atom is 0.255 e. The van der Waals surface area contributed by atoms with Crippen LogP contribution in [0.1, 0.15) is 15.9 Å². The van der Waals surface area contributed by atoms with Crippen molar-refractivity contribution in [1.82, 2.24) is 4.90 Å². The molecule has 0 spiro atoms. The highest BCUT2D eigenvalue weighted by Crippen LogP contribution is 2.23. The fourth-order valence-corrected chi connectivity index (χ4v) is 2.40. The van der Waals surface area contributed by atoms with E-state index in [1.807, 2.05) is 0 Å². The van der Waals surface area contributed by atoms with E-state index in [1.165, 1.54) is 18.0 Å². The Hall–Kier alpha value is -1.46. The Bertz CT molecular complexity index is 693. The summed E-state index contributed by atoms with van der Waals surface area (Å²) in [6.45, 7) is 0.0216. The van der Waals surface area contributed by atoms with Crippen LogP contribution in [0.15, 0.2) is 40.9 Å². The summed E-state index contributed by atoms with van der Waals surface area (Å²) >= 11 is 9.27. The molecule has 1 amide bonds. The minimum Gasteiger partial charge on any atom is -0.337 e. The first-order valence-electron chi connectivity index (χ1n) is 6.03. The lowest BCUT2D eigenvalue weighted by molar-refractivity contribution is 0.0784. The van der Waals surface area contributed by atoms with Crippen molar-refractivity contribution < 1.29 is 13.6 Å². The van der Waals surface area contributed by atoms with Crippen molar-refractivity contribution >= 4 is 33.4 Å². The molecule has 0 fully saturated rings. The summed E-state index contributed by atoms with van der Waals surface area (Å²) in [7, 11) is 1.53. The van der Waals surface area contributed by atoms with Gasteiger partial charge in [0, 0.05) is 29.7 Å². The minimum absolute atomic E-state index is 0.0216. The fraction of sp³-hybridized carbons (Fsp3) is 0.133. The van der Waals surface area contributed by atoms with Gasteiger partial charge in [0.15, 0.2) is 0 Å². The Balaban J connectivity index is 2.21. The van der Waals surface area contributed by atoms with Crippen molar-refractivity contribution in [2.24, 2.45) is 0 Å². The Morgan fingerprint density at radius 3 is 2.62 bits per heavy atom. The topological polar surface area (TPSA) is 20.3 Å². The molecule has 0 unspecified atom stereocenters. The monoisotopic (exact) mass is 373 g/mol. The summed E-state index contributed by atoms with van der Waals surface area (Å²) in [6, 6.07) is 8.19. The van der Waals surface area contributed by atoms with E-state index in [4.69, 9.17) is 11.6 Å². The van der Waals surface area contributed by atoms with Crippen LogP contribution >= 0.6 is 27.5 Å². The Kier molecular flexibility index (Phi) is 4.96. The van der Waals surface area contributed by atoms with Crippen LogP contribution in [0.2, 0.25) is 5.02 Å². The third-order valence-electron chi connectivity index (χ3n) is 2.93. The maximum atomic E-state index is 13.6. The molecule has 2 aromatic rings. The molecule has 2 rings (SSSR count). The van der Waals surface area contributed by atoms with E-state index in [0.717, 1.165) is 16.6 Å². The molecule has 2 nitrogen and oxygen atoms in total. The highest BCUT2D eigenvalue weighted by molar-refractivity contribution is 9.10. The quantitative estimate of drug-likeness (QED) is 0.765. The van der Waals surface area contributed by atoms with Crippen LogP contribution in [-0.2, 0) is 6.54 Å². The van der Waals surface area contributed by atoms with Gasteiger partial charge in [-0.3, -0.25) is 4.79 Å². The van der Waals surface area contributed by atoms with Gasteiger partial charge in [0.2, 0.25) is 0 Å². The predicted octanol–water partition coefficient (Wildman–Crippen LogP) is 4.65. The zero-order valence-corrected chi connectivity index (χ0v) is 13.4. The summed E-state index contributed by atoms with van der Waals surface area (Å²) in [5.74, 6) is -1.68. The van der Waals surface area contributed by atoms with Crippen molar-refractivity contribution in [2.75, 3.05) is 7.05 Å². The van der Waals surface area contributed by atoms with Crippen LogP contribution in [-0.4, -0.2) is 17.9 Å². The summed E-state index contributed by atoms with van der Waals surface area (Å²) < 4.78 is 27.2. The molecular weight excluding hydrogens is 364 g/mol. The Labute approximate surface area is 134 Å². The van der Waals surface area contributed by atoms with Crippen LogP contribution in [0.4, 0.5) is 8.78 Å². The molecule has 0 radical (unpaired) electrons. The minimum atomic E-state index is -0.685. The van der Waals surface area contributed by atoms with E-state index in [2.05, 4.69) is 15.9 Å². The molecular formula is C15H11BrClF2NO. The molecule has 0 bridgehead atoms. The van der Waals surface area contributed by atoms with Crippen LogP contribution in [0.25, 0.3) is 0 Å². The molecule has 0 N–H and O–H groups in total. The lowest BCUT2D eigenvalue weighted by Gasteiger charge is -2.18. The molecule has 0 heterocycles. The van der Waals surface area contributed by atoms with Gasteiger partial charge in [0.1, 0.15) is 11.6 Å². The number of amides is 1. The molecule has 21 heavy (non-hydrogen) atoms. The van der Waals surface area contributed by atoms with Gasteiger partial charge in [0.25, 0.3) is 5.91 Å². The van der Waals surface area contributed by atoms with Crippen LogP contribution < -0.4 is 0 Å². The smallest absolute Gasteiger partial charge is 0.255 e. The first-order valence-corrected chi connectivity index (χ1v) is 7.20. The number of nitrogens with zero attached hydrogens (tertiary/aromatic N) is 1. The standard InChI is InChI=1S/C15H11BrClF2NO/c1-20(8-9-2-4-11(18)7-14(9)19)15(21)12-6-10(16)3-5-13(12)17/h2-7H,8H2,1H3. The van der Waals surface area contributed by atoms with E-state index < -0.39 is 11.6 Å². The normalized spacial score (nSPS) is 10.5. The lowest BCUT2D eigenvalue weighted by Crippen LogP contribution is -2.27. The van der Waals surface area contributed by atoms with Gasteiger partial charge in [-0.15, -0.1) is 0 Å². The number of benzene rings is 2. The summed E-state index contributed by atoms with van der Waals surface area (Å²) in [6.07, 6.45) is 0. The van der Waals surface area contributed by atoms with Gasteiger partial charge in [-0.25, -0.2) is 8.78 Å². The van der Waals surface area contributed by atoms with Crippen molar-refractivity contribution in [3.8, 4) is 0 Å². The predicted molar refractivity (Wildman–Crippen MR) is 81.3 cm³/mol. The van der Waals surface area contributed by atoms with Gasteiger partial charge < -0.3 is 4.90 Å². The SMILES string of the molecule is CN(Cc1ccc(F)cc1F)C(=O)c1cc(Br)ccc1Cl. The summed E-state index contributed by atoms with van der Waals surface area (Å²) in [5, 5.41) is 0.314. The number of halogens is 4. The van der Waals surface area contributed by atoms with Crippen molar-refractivity contribution in [3.63, 3.8) is 0 Å². The Morgan fingerprint density at radius 2 is 1.95 bits per heavy atom. The molecule has 2 aromatic carbocycles. The number of hydrogen-bond acceptors (Lipinski definition) is 1. The lowest BCUT2D eigenvalue weighted by atomic mass is 10.1. The van der Waals surface area contributed by atoms with E-state index >= 15 is 0 Å². The summed E-state index contributed by atoms with van der Waals surface area (Å²) in [4.78, 5) is 13.6. The van der Waals surface area contributed by atoms with E-state index in [-0.39, 0.29) is 18.0 Å². The first kappa shape index (κ1) is 15.9. The average molecular weight is 375 g/mol. The summed E-state index contributed by atoms with van der Waals surface area (Å²) in [5.41, 5.74) is 0.550. The van der Waals surface area contributed by atoms with E-state index in [0.29, 0.717) is 10.6 Å². The number of carbonyl (C=O) groups excluding carboxylic acids is 1. The third kappa shape index (κ3) is 3.80. The van der Waals surface area contributed by atoms with Gasteiger partial charge in [-0.05, 0) is 24.3 Å². The number of carbonyl (C=O) groups is 1. The van der Waals surface area contributed by atoms with Gasteiger partial charge in [-0.2, -0.15) is 0 Å². The number of hydrogen-bond donors (Lipinski definition) is 0. The average Bonchev–Trinajstić information content (AvgIpc) is 2.43. The van der Waals surface area contributed by atoms with Crippen LogP contribution in [0.3, 0.4) is 0 Å². The van der Waals surface area contributed by atoms with Gasteiger partial charge in [0.05, 0.1) is 10.6 Å². The van der Waals surface area contributed by atoms with Gasteiger partial charge in [-0.1, -0.05) is 33.6 Å². The second kappa shape index (κ2) is 6.54. The molecule has 0 atom stereocenters. The number of rotatable bonds is 3. The van der Waals surface area contributed by atoms with Gasteiger partial charge >= 0.3 is 0 Å². The molecule has 0 saturated carbocycles. The van der Waals surface area contributed by atoms with Crippen LogP contribution in [0, 0.1) is 11.6 Å². The highest BCUT2D eigenvalue weighted by Gasteiger charge is 2.17. The molecule has 0 aromatic heterocycles. The molecule has 0 aliphatic carbocycles. The zero-order chi connectivity index (χ0) is 15.6. The Morgan fingerprint density at radius 1 is 1.24 bits per heavy atom. The first-order chi connectivity index (χ1) is 9.88. The van der Waals surface area contributed by atoms with Crippen molar-refractivity contribution in [2.45, 2.75) is 6.54 Å². The maximum absolute atomic E-state index is 13.6. The second-order valence-corrected chi connectivity index (χ2v) is 5.84. The van der Waals surface area contributed by atoms with E-state index in [1.54, 1.807) is 18.2 Å². The third-order valence-corrected chi connectivity index (χ3v) is 3.75. The molecule has 110 valence electrons. The molecule has 6 heteroatoms. The zero-order valence-electron chi connectivity index (χ0n) is 11.0. The highest BCUT2D eigenvalue weighted by atomic mass is 79.9. The molecule has 0 saturated heterocycles. The van der Waals surface area contributed by atoms with Crippen molar-refractivity contribution in [3.05, 3.63) is 68.7 Å².